The van der Waals surface area contributed by atoms with E-state index >= 15 is 0 Å². The Kier molecular flexibility index (Phi) is 4.81. The minimum Gasteiger partial charge on any atom is -0.496 e. The van der Waals surface area contributed by atoms with E-state index in [-0.39, 0.29) is 5.56 Å². The molecule has 0 radical (unpaired) electrons. The second-order valence-electron chi connectivity index (χ2n) is 9.03. The molecule has 2 aromatic carbocycles. The van der Waals surface area contributed by atoms with Crippen LogP contribution in [0.25, 0.3) is 20.3 Å². The number of aryl methyl sites for hydroxylation is 1. The van der Waals surface area contributed by atoms with Crippen LogP contribution in [0.15, 0.2) is 47.3 Å². The van der Waals surface area contributed by atoms with Gasteiger partial charge in [-0.1, -0.05) is 30.3 Å². The molecule has 5 nitrogen and oxygen atoms in total. The highest BCUT2D eigenvalue weighted by Crippen LogP contribution is 2.44. The highest BCUT2D eigenvalue weighted by Gasteiger charge is 2.40. The van der Waals surface area contributed by atoms with Crippen molar-refractivity contribution in [3.63, 3.8) is 0 Å². The molecule has 3 heterocycles. The van der Waals surface area contributed by atoms with E-state index in [1.807, 2.05) is 29.7 Å². The molecule has 6 rings (SSSR count). The van der Waals surface area contributed by atoms with Gasteiger partial charge in [0.15, 0.2) is 0 Å². The average Bonchev–Trinajstić information content (AvgIpc) is 3.39. The van der Waals surface area contributed by atoms with E-state index in [0.717, 1.165) is 57.7 Å². The fourth-order valence-corrected chi connectivity index (χ4v) is 7.07. The Morgan fingerprint density at radius 2 is 2.09 bits per heavy atom. The molecule has 0 bridgehead atoms. The van der Waals surface area contributed by atoms with Gasteiger partial charge in [0.1, 0.15) is 16.4 Å². The quantitative estimate of drug-likeness (QED) is 0.497. The number of nitrogens with one attached hydrogen (secondary N) is 1. The van der Waals surface area contributed by atoms with Crippen molar-refractivity contribution in [3.8, 4) is 5.75 Å². The van der Waals surface area contributed by atoms with E-state index in [2.05, 4.69) is 29.6 Å². The fourth-order valence-electron chi connectivity index (χ4n) is 5.96. The standard InChI is InChI=1S/C26H27N3O2S/c1-15-28-25-24(19-6-3-4-9-23(19)32-25)26(30)29(15)13-12-21-17-10-11-18-16(20(17)14-27-21)7-5-8-22(18)31-2/h3-9,17,20-21,27H,10-14H2,1-2H3/t17-,20+,21?/m1/s1. The summed E-state index contributed by atoms with van der Waals surface area (Å²) in [4.78, 5) is 19.1. The molecule has 1 unspecified atom stereocenters. The van der Waals surface area contributed by atoms with E-state index in [9.17, 15) is 4.79 Å². The topological polar surface area (TPSA) is 56.2 Å². The first-order valence-electron chi connectivity index (χ1n) is 11.4. The number of methoxy groups -OCH3 is 1. The van der Waals surface area contributed by atoms with Crippen molar-refractivity contribution in [2.75, 3.05) is 13.7 Å². The molecule has 1 saturated heterocycles. The first-order chi connectivity index (χ1) is 15.7. The molecular formula is C26H27N3O2S. The third kappa shape index (κ3) is 3.00. The van der Waals surface area contributed by atoms with Crippen molar-refractivity contribution in [2.45, 2.75) is 44.7 Å². The van der Waals surface area contributed by atoms with Gasteiger partial charge in [0.05, 0.1) is 12.5 Å². The van der Waals surface area contributed by atoms with Gasteiger partial charge in [-0.05, 0) is 55.4 Å². The van der Waals surface area contributed by atoms with Gasteiger partial charge in [-0.25, -0.2) is 4.98 Å². The van der Waals surface area contributed by atoms with Crippen LogP contribution in [0.3, 0.4) is 0 Å². The summed E-state index contributed by atoms with van der Waals surface area (Å²) < 4.78 is 8.63. The van der Waals surface area contributed by atoms with E-state index in [1.54, 1.807) is 18.4 Å². The maximum absolute atomic E-state index is 13.4. The Bertz CT molecular complexity index is 1390. The average molecular weight is 446 g/mol. The number of aromatic nitrogens is 2. The highest BCUT2D eigenvalue weighted by molar-refractivity contribution is 7.25. The van der Waals surface area contributed by atoms with E-state index in [1.165, 1.54) is 11.1 Å². The Hall–Kier alpha value is -2.70. The summed E-state index contributed by atoms with van der Waals surface area (Å²) in [6.07, 6.45) is 3.17. The van der Waals surface area contributed by atoms with Crippen LogP contribution < -0.4 is 15.6 Å². The third-order valence-corrected chi connectivity index (χ3v) is 8.57. The van der Waals surface area contributed by atoms with Gasteiger partial charge in [0, 0.05) is 35.1 Å². The monoisotopic (exact) mass is 445 g/mol. The summed E-state index contributed by atoms with van der Waals surface area (Å²) in [6, 6.07) is 15.0. The van der Waals surface area contributed by atoms with Crippen LogP contribution in [-0.2, 0) is 13.0 Å². The van der Waals surface area contributed by atoms with E-state index in [4.69, 9.17) is 9.72 Å². The van der Waals surface area contributed by atoms with Gasteiger partial charge in [-0.15, -0.1) is 11.3 Å². The van der Waals surface area contributed by atoms with Crippen molar-refractivity contribution in [2.24, 2.45) is 5.92 Å². The van der Waals surface area contributed by atoms with Gasteiger partial charge >= 0.3 is 0 Å². The summed E-state index contributed by atoms with van der Waals surface area (Å²) in [5.74, 6) is 2.96. The number of nitrogens with zero attached hydrogens (tertiary/aromatic N) is 2. The van der Waals surface area contributed by atoms with E-state index in [0.29, 0.717) is 24.4 Å². The SMILES string of the molecule is COc1cccc2c1CC[C@H]1C(CCn3c(C)nc4sc5ccccc5c4c3=O)NC[C@@H]21. The lowest BCUT2D eigenvalue weighted by Gasteiger charge is -2.31. The first kappa shape index (κ1) is 19.9. The number of hydrogen-bond acceptors (Lipinski definition) is 5. The molecule has 1 aliphatic heterocycles. The number of rotatable bonds is 4. The highest BCUT2D eigenvalue weighted by atomic mass is 32.1. The molecular weight excluding hydrogens is 418 g/mol. The molecule has 0 spiro atoms. The molecule has 1 N–H and O–H groups in total. The van der Waals surface area contributed by atoms with Crippen LogP contribution in [0.2, 0.25) is 0 Å². The largest absolute Gasteiger partial charge is 0.496 e. The summed E-state index contributed by atoms with van der Waals surface area (Å²) in [5, 5.41) is 5.57. The predicted molar refractivity (Wildman–Crippen MR) is 130 cm³/mol. The number of thiophene rings is 1. The van der Waals surface area contributed by atoms with Crippen LogP contribution in [0.1, 0.15) is 35.7 Å². The predicted octanol–water partition coefficient (Wildman–Crippen LogP) is 4.64. The van der Waals surface area contributed by atoms with Crippen molar-refractivity contribution in [1.29, 1.82) is 0 Å². The number of fused-ring (bicyclic) bond motifs is 6. The van der Waals surface area contributed by atoms with Gasteiger partial charge in [0.25, 0.3) is 5.56 Å². The molecule has 4 aromatic rings. The number of benzene rings is 2. The van der Waals surface area contributed by atoms with Crippen molar-refractivity contribution >= 4 is 31.6 Å². The maximum Gasteiger partial charge on any atom is 0.262 e. The zero-order chi connectivity index (χ0) is 21.8. The van der Waals surface area contributed by atoms with Gasteiger partial charge in [-0.2, -0.15) is 0 Å². The minimum absolute atomic E-state index is 0.0956. The first-order valence-corrected chi connectivity index (χ1v) is 12.2. The second-order valence-corrected chi connectivity index (χ2v) is 10.1. The molecule has 0 amide bonds. The smallest absolute Gasteiger partial charge is 0.262 e. The Labute approximate surface area is 191 Å². The van der Waals surface area contributed by atoms with Gasteiger partial charge < -0.3 is 10.1 Å². The van der Waals surface area contributed by atoms with Crippen LogP contribution in [0.5, 0.6) is 5.75 Å². The maximum atomic E-state index is 13.4. The third-order valence-electron chi connectivity index (χ3n) is 7.50. The lowest BCUT2D eigenvalue weighted by atomic mass is 9.74. The Morgan fingerprint density at radius 3 is 2.97 bits per heavy atom. The lowest BCUT2D eigenvalue weighted by molar-refractivity contribution is 0.338. The van der Waals surface area contributed by atoms with Gasteiger partial charge in [0.2, 0.25) is 0 Å². The molecule has 6 heteroatoms. The van der Waals surface area contributed by atoms with E-state index < -0.39 is 0 Å². The molecule has 1 aliphatic carbocycles. The van der Waals surface area contributed by atoms with Gasteiger partial charge in [-0.3, -0.25) is 9.36 Å². The number of ether oxygens (including phenoxy) is 1. The molecule has 0 saturated carbocycles. The molecule has 3 atom stereocenters. The normalized spacial score (nSPS) is 22.2. The molecule has 1 fully saturated rings. The zero-order valence-corrected chi connectivity index (χ0v) is 19.2. The second kappa shape index (κ2) is 7.71. The van der Waals surface area contributed by atoms with Crippen LogP contribution in [0, 0.1) is 12.8 Å². The Balaban J connectivity index is 1.28. The van der Waals surface area contributed by atoms with Crippen LogP contribution >= 0.6 is 11.3 Å². The molecule has 2 aromatic heterocycles. The summed E-state index contributed by atoms with van der Waals surface area (Å²) in [6.45, 7) is 3.65. The molecule has 32 heavy (non-hydrogen) atoms. The summed E-state index contributed by atoms with van der Waals surface area (Å²) in [7, 11) is 1.76. The Morgan fingerprint density at radius 1 is 1.22 bits per heavy atom. The zero-order valence-electron chi connectivity index (χ0n) is 18.4. The van der Waals surface area contributed by atoms with Crippen molar-refractivity contribution in [1.82, 2.24) is 14.9 Å². The van der Waals surface area contributed by atoms with Crippen LogP contribution in [0.4, 0.5) is 0 Å². The van der Waals surface area contributed by atoms with Crippen molar-refractivity contribution < 1.29 is 4.74 Å². The molecule has 2 aliphatic rings. The fraction of sp³-hybridized carbons (Fsp3) is 0.385. The minimum atomic E-state index is 0.0956. The molecule has 164 valence electrons. The van der Waals surface area contributed by atoms with Crippen molar-refractivity contribution in [3.05, 3.63) is 69.8 Å². The van der Waals surface area contributed by atoms with Crippen LogP contribution in [-0.4, -0.2) is 29.2 Å². The summed E-state index contributed by atoms with van der Waals surface area (Å²) in [5.41, 5.74) is 2.92. The lowest BCUT2D eigenvalue weighted by Crippen LogP contribution is -2.33. The number of hydrogen-bond donors (Lipinski definition) is 1. The summed E-state index contributed by atoms with van der Waals surface area (Å²) >= 11 is 1.61.